The number of nitrogen functional groups attached to an aromatic ring is 1. The van der Waals surface area contributed by atoms with E-state index in [0.29, 0.717) is 31.8 Å². The molecule has 1 heterocycles. The Bertz CT molecular complexity index is 1230. The lowest BCUT2D eigenvalue weighted by atomic mass is 10.1. The van der Waals surface area contributed by atoms with Crippen molar-refractivity contribution in [2.45, 2.75) is 6.92 Å². The second-order valence-electron chi connectivity index (χ2n) is 6.53. The summed E-state index contributed by atoms with van der Waals surface area (Å²) in [6.07, 6.45) is 0. The molecular formula is C21H17Cl2N3O5S. The third-order valence-corrected chi connectivity index (χ3v) is 6.05. The van der Waals surface area contributed by atoms with Gasteiger partial charge in [0.05, 0.1) is 31.8 Å². The van der Waals surface area contributed by atoms with E-state index in [1.165, 1.54) is 29.5 Å². The zero-order valence-electron chi connectivity index (χ0n) is 16.6. The third kappa shape index (κ3) is 5.31. The van der Waals surface area contributed by atoms with Crippen molar-refractivity contribution in [3.63, 3.8) is 0 Å². The minimum absolute atomic E-state index is 0.00309. The summed E-state index contributed by atoms with van der Waals surface area (Å²) in [6.45, 7) is 1.11. The number of anilines is 1. The van der Waals surface area contributed by atoms with Crippen molar-refractivity contribution in [1.82, 2.24) is 5.43 Å². The van der Waals surface area contributed by atoms with Crippen LogP contribution in [0.5, 0.6) is 11.5 Å². The summed E-state index contributed by atoms with van der Waals surface area (Å²) in [4.78, 5) is 23.6. The van der Waals surface area contributed by atoms with Gasteiger partial charge in [-0.15, -0.1) is 11.3 Å². The molecule has 0 radical (unpaired) electrons. The third-order valence-electron chi connectivity index (χ3n) is 4.29. The second-order valence-corrected chi connectivity index (χ2v) is 8.22. The Labute approximate surface area is 196 Å². The van der Waals surface area contributed by atoms with E-state index in [1.807, 2.05) is 0 Å². The first-order valence-corrected chi connectivity index (χ1v) is 10.7. The summed E-state index contributed by atoms with van der Waals surface area (Å²) in [5.41, 5.74) is 10.0. The predicted molar refractivity (Wildman–Crippen MR) is 125 cm³/mol. The van der Waals surface area contributed by atoms with E-state index in [0.717, 1.165) is 0 Å². The Kier molecular flexibility index (Phi) is 7.24. The second kappa shape index (κ2) is 9.90. The average molecular weight is 494 g/mol. The van der Waals surface area contributed by atoms with Crippen LogP contribution in [0.1, 0.15) is 22.8 Å². The number of halogens is 2. The maximum Gasteiger partial charge on any atom is 0.341 e. The van der Waals surface area contributed by atoms with Crippen LogP contribution in [0.4, 0.5) is 5.69 Å². The van der Waals surface area contributed by atoms with Crippen molar-refractivity contribution in [3.8, 4) is 21.9 Å². The number of hydrogen-bond donors (Lipinski definition) is 4. The molecule has 8 nitrogen and oxygen atoms in total. The highest BCUT2D eigenvalue weighted by molar-refractivity contribution is 7.14. The van der Waals surface area contributed by atoms with E-state index in [2.05, 4.69) is 10.5 Å². The minimum atomic E-state index is -1.13. The molecule has 0 atom stereocenters. The Morgan fingerprint density at radius 2 is 1.91 bits per heavy atom. The number of aliphatic carboxylic acids is 1. The zero-order chi connectivity index (χ0) is 23.4. The summed E-state index contributed by atoms with van der Waals surface area (Å²) in [6, 6.07) is 9.21. The molecule has 1 aromatic heterocycles. The molecule has 0 spiro atoms. The number of nitrogens with one attached hydrogen (secondary N) is 1. The van der Waals surface area contributed by atoms with Gasteiger partial charge < -0.3 is 20.7 Å². The van der Waals surface area contributed by atoms with Gasteiger partial charge in [0.2, 0.25) is 0 Å². The number of nitrogens with two attached hydrogens (primary N) is 1. The number of aromatic hydroxyl groups is 1. The molecule has 0 saturated carbocycles. The van der Waals surface area contributed by atoms with Gasteiger partial charge in [-0.2, -0.15) is 5.10 Å². The van der Waals surface area contributed by atoms with Crippen LogP contribution < -0.4 is 15.9 Å². The normalized spacial score (nSPS) is 11.3. The van der Waals surface area contributed by atoms with Gasteiger partial charge in [0.1, 0.15) is 11.5 Å². The minimum Gasteiger partial charge on any atom is -0.506 e. The summed E-state index contributed by atoms with van der Waals surface area (Å²) < 4.78 is 5.02. The molecule has 0 bridgehead atoms. The molecule has 3 aromatic rings. The number of carboxylic acids is 1. The maximum atomic E-state index is 12.4. The zero-order valence-corrected chi connectivity index (χ0v) is 18.9. The number of carbonyl (C=O) groups excluding carboxylic acids is 1. The Morgan fingerprint density at radius 1 is 1.16 bits per heavy atom. The highest BCUT2D eigenvalue weighted by Gasteiger charge is 2.16. The van der Waals surface area contributed by atoms with Crippen LogP contribution >= 0.6 is 34.5 Å². The van der Waals surface area contributed by atoms with E-state index >= 15 is 0 Å². The molecule has 2 aromatic carbocycles. The number of amides is 1. The lowest BCUT2D eigenvalue weighted by molar-refractivity contribution is -0.139. The molecule has 1 amide bonds. The first-order chi connectivity index (χ1) is 15.2. The maximum absolute atomic E-state index is 12.4. The molecule has 166 valence electrons. The van der Waals surface area contributed by atoms with Crippen LogP contribution in [-0.4, -0.2) is 34.4 Å². The summed E-state index contributed by atoms with van der Waals surface area (Å²) in [5, 5.41) is 25.8. The van der Waals surface area contributed by atoms with Gasteiger partial charge in [-0.3, -0.25) is 4.79 Å². The Balaban J connectivity index is 1.74. The highest BCUT2D eigenvalue weighted by Crippen LogP contribution is 2.40. The number of benzene rings is 2. The van der Waals surface area contributed by atoms with E-state index < -0.39 is 18.5 Å². The Hall–Kier alpha value is -3.27. The van der Waals surface area contributed by atoms with Crippen molar-refractivity contribution in [3.05, 3.63) is 63.0 Å². The standard InChI is InChI=1S/C21H17Cl2N3O5S/c1-10(14-9-32-20(19(14)29)11-2-5-15(22)16(23)6-11)25-26-21(30)13-4-3-12(7-17(13)24)31-8-18(27)28/h2-7,9,29H,8,24H2,1H3,(H,26,30)(H,27,28)/b25-10+. The predicted octanol–water partition coefficient (Wildman–Crippen LogP) is 4.63. The van der Waals surface area contributed by atoms with Crippen molar-refractivity contribution in [1.29, 1.82) is 0 Å². The number of rotatable bonds is 7. The monoisotopic (exact) mass is 493 g/mol. The van der Waals surface area contributed by atoms with Crippen molar-refractivity contribution in [2.75, 3.05) is 12.3 Å². The molecule has 0 fully saturated rings. The fourth-order valence-corrected chi connectivity index (χ4v) is 3.99. The van der Waals surface area contributed by atoms with Gasteiger partial charge in [0.15, 0.2) is 6.61 Å². The van der Waals surface area contributed by atoms with Gasteiger partial charge in [-0.1, -0.05) is 29.3 Å². The van der Waals surface area contributed by atoms with Gasteiger partial charge in [-0.25, -0.2) is 10.2 Å². The topological polar surface area (TPSA) is 134 Å². The first kappa shape index (κ1) is 23.4. The van der Waals surface area contributed by atoms with E-state index in [-0.39, 0.29) is 22.7 Å². The molecule has 0 aliphatic carbocycles. The highest BCUT2D eigenvalue weighted by atomic mass is 35.5. The number of carbonyl (C=O) groups is 2. The number of carboxylic acid groups (broad SMARTS) is 1. The van der Waals surface area contributed by atoms with E-state index in [1.54, 1.807) is 30.5 Å². The quantitative estimate of drug-likeness (QED) is 0.215. The summed E-state index contributed by atoms with van der Waals surface area (Å²) in [5.74, 6) is -1.48. The van der Waals surface area contributed by atoms with Crippen molar-refractivity contribution in [2.24, 2.45) is 5.10 Å². The molecule has 32 heavy (non-hydrogen) atoms. The summed E-state index contributed by atoms with van der Waals surface area (Å²) in [7, 11) is 0. The van der Waals surface area contributed by atoms with E-state index in [9.17, 15) is 14.7 Å². The lowest BCUT2D eigenvalue weighted by Gasteiger charge is -2.08. The van der Waals surface area contributed by atoms with Crippen molar-refractivity contribution < 1.29 is 24.5 Å². The van der Waals surface area contributed by atoms with Crippen LogP contribution in [-0.2, 0) is 4.79 Å². The SMILES string of the molecule is C/C(=N\NC(=O)c1ccc(OCC(=O)O)cc1N)c1csc(-c2ccc(Cl)c(Cl)c2)c1O. The van der Waals surface area contributed by atoms with Crippen LogP contribution in [0.15, 0.2) is 46.9 Å². The van der Waals surface area contributed by atoms with Gasteiger partial charge in [0, 0.05) is 17.1 Å². The molecule has 0 unspecified atom stereocenters. The number of hydrazone groups is 1. The van der Waals surface area contributed by atoms with Crippen LogP contribution in [0.25, 0.3) is 10.4 Å². The van der Waals surface area contributed by atoms with Gasteiger partial charge in [0.25, 0.3) is 5.91 Å². The van der Waals surface area contributed by atoms with Gasteiger partial charge in [-0.05, 0) is 36.8 Å². The molecule has 0 saturated heterocycles. The fourth-order valence-electron chi connectivity index (χ4n) is 2.69. The molecule has 0 aliphatic heterocycles. The number of nitrogens with zero attached hydrogens (tertiary/aromatic N) is 1. The number of ether oxygens (including phenoxy) is 1. The van der Waals surface area contributed by atoms with Crippen LogP contribution in [0.2, 0.25) is 10.0 Å². The molecular weight excluding hydrogens is 477 g/mol. The van der Waals surface area contributed by atoms with E-state index in [4.69, 9.17) is 38.8 Å². The lowest BCUT2D eigenvalue weighted by Crippen LogP contribution is -2.20. The molecule has 3 rings (SSSR count). The van der Waals surface area contributed by atoms with Crippen LogP contribution in [0.3, 0.4) is 0 Å². The molecule has 11 heteroatoms. The molecule has 0 aliphatic rings. The Morgan fingerprint density at radius 3 is 2.56 bits per heavy atom. The summed E-state index contributed by atoms with van der Waals surface area (Å²) >= 11 is 13.3. The fraction of sp³-hybridized carbons (Fsp3) is 0.0952. The van der Waals surface area contributed by atoms with Crippen LogP contribution in [0, 0.1) is 0 Å². The molecule has 5 N–H and O–H groups in total. The van der Waals surface area contributed by atoms with Gasteiger partial charge >= 0.3 is 5.97 Å². The average Bonchev–Trinajstić information content (AvgIpc) is 3.13. The largest absolute Gasteiger partial charge is 0.506 e. The number of thiophene rings is 1. The first-order valence-electron chi connectivity index (χ1n) is 9.02. The number of hydrogen-bond acceptors (Lipinski definition) is 7. The smallest absolute Gasteiger partial charge is 0.341 e. The van der Waals surface area contributed by atoms with Crippen molar-refractivity contribution >= 4 is 57.8 Å².